The molecule has 5 heteroatoms. The molecule has 1 heterocycles. The van der Waals surface area contributed by atoms with Crippen LogP contribution in [0.3, 0.4) is 0 Å². The van der Waals surface area contributed by atoms with Gasteiger partial charge in [-0.1, -0.05) is 0 Å². The highest BCUT2D eigenvalue weighted by molar-refractivity contribution is 6.01. The molecule has 1 aromatic carbocycles. The normalized spacial score (nSPS) is 14.9. The number of aliphatic carboxylic acids is 1. The maximum atomic E-state index is 11.9. The summed E-state index contributed by atoms with van der Waals surface area (Å²) in [6.07, 6.45) is 0.414. The van der Waals surface area contributed by atoms with E-state index in [1.807, 2.05) is 0 Å². The van der Waals surface area contributed by atoms with Crippen molar-refractivity contribution in [2.75, 3.05) is 6.61 Å². The van der Waals surface area contributed by atoms with Gasteiger partial charge < -0.3 is 15.6 Å². The second-order valence-corrected chi connectivity index (χ2v) is 3.99. The fraction of sp³-hybridized carbons (Fsp3) is 0.333. The first-order chi connectivity index (χ1) is 8.08. The average molecular weight is 235 g/mol. The lowest BCUT2D eigenvalue weighted by atomic mass is 9.99. The van der Waals surface area contributed by atoms with E-state index in [0.29, 0.717) is 12.2 Å². The summed E-state index contributed by atoms with van der Waals surface area (Å²) in [5.41, 5.74) is 6.95. The molecule has 0 aliphatic carbocycles. The molecule has 0 radical (unpaired) electrons. The summed E-state index contributed by atoms with van der Waals surface area (Å²) < 4.78 is 5.32. The molecule has 1 aliphatic rings. The average Bonchev–Trinajstić information content (AvgIpc) is 2.73. The molecular formula is C12H13NO4. The van der Waals surface area contributed by atoms with E-state index >= 15 is 0 Å². The van der Waals surface area contributed by atoms with Gasteiger partial charge in [0, 0.05) is 12.0 Å². The third-order valence-corrected chi connectivity index (χ3v) is 2.71. The molecule has 17 heavy (non-hydrogen) atoms. The molecule has 1 aromatic rings. The van der Waals surface area contributed by atoms with Crippen molar-refractivity contribution in [1.82, 2.24) is 0 Å². The predicted molar refractivity (Wildman–Crippen MR) is 60.2 cm³/mol. The highest BCUT2D eigenvalue weighted by atomic mass is 16.5. The highest BCUT2D eigenvalue weighted by Crippen LogP contribution is 2.26. The number of hydrogen-bond acceptors (Lipinski definition) is 4. The second-order valence-electron chi connectivity index (χ2n) is 3.99. The Labute approximate surface area is 98.2 Å². The Balaban J connectivity index is 2.17. The Morgan fingerprint density at radius 3 is 2.94 bits per heavy atom. The number of ether oxygens (including phenoxy) is 1. The summed E-state index contributed by atoms with van der Waals surface area (Å²) >= 11 is 0. The van der Waals surface area contributed by atoms with Crippen molar-refractivity contribution in [2.24, 2.45) is 5.73 Å². The molecule has 1 unspecified atom stereocenters. The smallest absolute Gasteiger partial charge is 0.305 e. The Morgan fingerprint density at radius 2 is 2.24 bits per heavy atom. The van der Waals surface area contributed by atoms with Gasteiger partial charge in [-0.2, -0.15) is 0 Å². The number of carbonyl (C=O) groups is 2. The van der Waals surface area contributed by atoms with Gasteiger partial charge in [-0.3, -0.25) is 9.59 Å². The first-order valence-corrected chi connectivity index (χ1v) is 5.35. The van der Waals surface area contributed by atoms with Crippen LogP contribution in [0.5, 0.6) is 5.75 Å². The fourth-order valence-electron chi connectivity index (χ4n) is 1.83. The van der Waals surface area contributed by atoms with Gasteiger partial charge in [-0.25, -0.2) is 0 Å². The molecule has 2 rings (SSSR count). The summed E-state index contributed by atoms with van der Waals surface area (Å²) in [7, 11) is 0. The van der Waals surface area contributed by atoms with Crippen LogP contribution in [0, 0.1) is 0 Å². The zero-order chi connectivity index (χ0) is 12.4. The maximum Gasteiger partial charge on any atom is 0.305 e. The van der Waals surface area contributed by atoms with Crippen LogP contribution in [0.25, 0.3) is 0 Å². The maximum absolute atomic E-state index is 11.9. The van der Waals surface area contributed by atoms with Gasteiger partial charge in [-0.15, -0.1) is 0 Å². The molecule has 3 N–H and O–H groups in total. The van der Waals surface area contributed by atoms with Crippen LogP contribution < -0.4 is 10.5 Å². The third-order valence-electron chi connectivity index (χ3n) is 2.71. The van der Waals surface area contributed by atoms with Crippen molar-refractivity contribution < 1.29 is 19.4 Å². The molecule has 90 valence electrons. The summed E-state index contributed by atoms with van der Waals surface area (Å²) in [6, 6.07) is 4.08. The van der Waals surface area contributed by atoms with Crippen molar-refractivity contribution in [3.8, 4) is 5.75 Å². The lowest BCUT2D eigenvalue weighted by Gasteiger charge is -2.08. The summed E-state index contributed by atoms with van der Waals surface area (Å²) in [5.74, 6) is -0.634. The number of carbonyl (C=O) groups excluding carboxylic acids is 1. The number of rotatable bonds is 4. The second kappa shape index (κ2) is 4.55. The number of fused-ring (bicyclic) bond motifs is 1. The lowest BCUT2D eigenvalue weighted by molar-refractivity contribution is -0.137. The number of ketones is 1. The molecule has 0 spiro atoms. The molecule has 0 bridgehead atoms. The van der Waals surface area contributed by atoms with Gasteiger partial charge in [-0.05, 0) is 23.8 Å². The quantitative estimate of drug-likeness (QED) is 0.746. The predicted octanol–water partition coefficient (Wildman–Crippen LogP) is 0.606. The van der Waals surface area contributed by atoms with Crippen LogP contribution in [0.4, 0.5) is 0 Å². The zero-order valence-electron chi connectivity index (χ0n) is 9.18. The first-order valence-electron chi connectivity index (χ1n) is 5.35. The largest absolute Gasteiger partial charge is 0.493 e. The van der Waals surface area contributed by atoms with E-state index in [1.54, 1.807) is 18.2 Å². The van der Waals surface area contributed by atoms with Crippen LogP contribution in [0.15, 0.2) is 18.2 Å². The summed E-state index contributed by atoms with van der Waals surface area (Å²) in [4.78, 5) is 22.3. The van der Waals surface area contributed by atoms with Crippen LogP contribution >= 0.6 is 0 Å². The summed E-state index contributed by atoms with van der Waals surface area (Å²) in [6.45, 7) is 0.619. The molecule has 0 saturated carbocycles. The van der Waals surface area contributed by atoms with Gasteiger partial charge in [0.05, 0.1) is 19.1 Å². The number of carboxylic acid groups (broad SMARTS) is 1. The van der Waals surface area contributed by atoms with Gasteiger partial charge >= 0.3 is 5.97 Å². The topological polar surface area (TPSA) is 89.6 Å². The van der Waals surface area contributed by atoms with Crippen LogP contribution in [-0.2, 0) is 11.2 Å². The number of benzene rings is 1. The highest BCUT2D eigenvalue weighted by Gasteiger charge is 2.21. The van der Waals surface area contributed by atoms with E-state index in [-0.39, 0.29) is 12.2 Å². The minimum Gasteiger partial charge on any atom is -0.493 e. The van der Waals surface area contributed by atoms with Crippen molar-refractivity contribution in [1.29, 1.82) is 0 Å². The lowest BCUT2D eigenvalue weighted by Crippen LogP contribution is -2.32. The van der Waals surface area contributed by atoms with Crippen LogP contribution in [0.2, 0.25) is 0 Å². The van der Waals surface area contributed by atoms with Crippen molar-refractivity contribution in [3.63, 3.8) is 0 Å². The van der Waals surface area contributed by atoms with E-state index in [4.69, 9.17) is 15.6 Å². The summed E-state index contributed by atoms with van der Waals surface area (Å²) in [5, 5.41) is 8.58. The third kappa shape index (κ3) is 2.45. The monoisotopic (exact) mass is 235 g/mol. The fourth-order valence-corrected chi connectivity index (χ4v) is 1.83. The number of nitrogens with two attached hydrogens (primary N) is 1. The minimum absolute atomic E-state index is 0.345. The van der Waals surface area contributed by atoms with Gasteiger partial charge in [0.25, 0.3) is 0 Å². The Morgan fingerprint density at radius 1 is 1.47 bits per heavy atom. The van der Waals surface area contributed by atoms with Crippen molar-refractivity contribution in [2.45, 2.75) is 18.9 Å². The van der Waals surface area contributed by atoms with Crippen LogP contribution in [-0.4, -0.2) is 29.5 Å². The molecular weight excluding hydrogens is 222 g/mol. The Kier molecular flexibility index (Phi) is 3.10. The van der Waals surface area contributed by atoms with E-state index < -0.39 is 12.0 Å². The molecule has 1 atom stereocenters. The van der Waals surface area contributed by atoms with Crippen molar-refractivity contribution in [3.05, 3.63) is 29.3 Å². The number of Topliss-reactive ketones (excluding diaryl/α,β-unsaturated/α-hetero) is 1. The molecule has 0 aromatic heterocycles. The van der Waals surface area contributed by atoms with E-state index in [1.165, 1.54) is 0 Å². The molecule has 0 fully saturated rings. The minimum atomic E-state index is -1.07. The Hall–Kier alpha value is -1.88. The molecule has 0 saturated heterocycles. The molecule has 1 aliphatic heterocycles. The number of hydrogen-bond donors (Lipinski definition) is 2. The zero-order valence-corrected chi connectivity index (χ0v) is 9.18. The van der Waals surface area contributed by atoms with E-state index in [9.17, 15) is 9.59 Å². The SMILES string of the molecule is NC(CC(=O)O)C(=O)c1ccc2c(c1)CCO2. The standard InChI is InChI=1S/C12H13NO4/c13-9(6-11(14)15)12(16)8-1-2-10-7(5-8)3-4-17-10/h1-2,5,9H,3-4,6,13H2,(H,14,15). The van der Waals surface area contributed by atoms with E-state index in [2.05, 4.69) is 0 Å². The Bertz CT molecular complexity index is 470. The van der Waals surface area contributed by atoms with Crippen molar-refractivity contribution >= 4 is 11.8 Å². The van der Waals surface area contributed by atoms with Gasteiger partial charge in [0.2, 0.25) is 0 Å². The van der Waals surface area contributed by atoms with Crippen LogP contribution in [0.1, 0.15) is 22.3 Å². The molecule has 0 amide bonds. The number of carboxylic acids is 1. The molecule has 5 nitrogen and oxygen atoms in total. The van der Waals surface area contributed by atoms with Gasteiger partial charge in [0.15, 0.2) is 5.78 Å². The van der Waals surface area contributed by atoms with E-state index in [0.717, 1.165) is 17.7 Å². The first kappa shape index (κ1) is 11.6. The van der Waals surface area contributed by atoms with Gasteiger partial charge in [0.1, 0.15) is 5.75 Å².